The fraction of sp³-hybridized carbons (Fsp3) is 0.286. The highest BCUT2D eigenvalue weighted by Crippen LogP contribution is 2.16. The summed E-state index contributed by atoms with van der Waals surface area (Å²) in [5.74, 6) is -0.163. The van der Waals surface area contributed by atoms with E-state index in [9.17, 15) is 4.79 Å². The summed E-state index contributed by atoms with van der Waals surface area (Å²) >= 11 is 1.39. The van der Waals surface area contributed by atoms with Crippen LogP contribution in [0.15, 0.2) is 22.8 Å². The number of esters is 1. The second-order valence-electron chi connectivity index (χ2n) is 1.73. The van der Waals surface area contributed by atoms with Crippen molar-refractivity contribution in [3.05, 3.63) is 22.8 Å². The van der Waals surface area contributed by atoms with E-state index in [1.54, 1.807) is 17.7 Å². The van der Waals surface area contributed by atoms with Crippen LogP contribution in [-0.2, 0) is 14.3 Å². The first-order chi connectivity index (χ1) is 5.34. The molecule has 11 heavy (non-hydrogen) atoms. The van der Waals surface area contributed by atoms with E-state index >= 15 is 0 Å². The maximum atomic E-state index is 10.9. The van der Waals surface area contributed by atoms with Crippen LogP contribution in [0.25, 0.3) is 0 Å². The van der Waals surface area contributed by atoms with Gasteiger partial charge in [-0.2, -0.15) is 0 Å². The molecule has 0 aromatic heterocycles. The van der Waals surface area contributed by atoms with Gasteiger partial charge >= 0.3 is 5.97 Å². The Morgan fingerprint density at radius 3 is 3.18 bits per heavy atom. The zero-order chi connectivity index (χ0) is 8.10. The van der Waals surface area contributed by atoms with Gasteiger partial charge in [0.25, 0.3) is 0 Å². The third-order valence-corrected chi connectivity index (χ3v) is 1.60. The quantitative estimate of drug-likeness (QED) is 0.593. The van der Waals surface area contributed by atoms with E-state index < -0.39 is 5.97 Å². The highest BCUT2D eigenvalue weighted by atomic mass is 32.2. The highest BCUT2D eigenvalue weighted by Gasteiger charge is 2.12. The summed E-state index contributed by atoms with van der Waals surface area (Å²) in [4.78, 5) is 10.9. The Morgan fingerprint density at radius 2 is 2.64 bits per heavy atom. The van der Waals surface area contributed by atoms with Crippen molar-refractivity contribution in [3.8, 4) is 0 Å². The Morgan fingerprint density at radius 1 is 1.82 bits per heavy atom. The minimum absolute atomic E-state index is 0.249. The molecule has 0 aliphatic carbocycles. The zero-order valence-corrected chi connectivity index (χ0v) is 6.89. The van der Waals surface area contributed by atoms with Gasteiger partial charge < -0.3 is 9.47 Å². The van der Waals surface area contributed by atoms with Gasteiger partial charge in [0.2, 0.25) is 5.76 Å². The minimum atomic E-state index is -0.413. The molecule has 1 aliphatic heterocycles. The summed E-state index contributed by atoms with van der Waals surface area (Å²) in [6.07, 6.45) is 1.46. The fourth-order valence-electron chi connectivity index (χ4n) is 0.560. The maximum absolute atomic E-state index is 10.9. The second-order valence-corrected chi connectivity index (χ2v) is 2.51. The topological polar surface area (TPSA) is 35.5 Å². The summed E-state index contributed by atoms with van der Waals surface area (Å²) < 4.78 is 9.58. The molecule has 0 radical (unpaired) electrons. The molecule has 1 aliphatic rings. The van der Waals surface area contributed by atoms with Crippen molar-refractivity contribution in [2.45, 2.75) is 6.92 Å². The molecule has 60 valence electrons. The molecule has 1 rings (SSSR count). The standard InChI is InChI=1S/C7H8O3S/c1-2-9-7(8)6-5-11-4-3-10-6/h3-5H,2H2,1H3. The maximum Gasteiger partial charge on any atom is 0.374 e. The lowest BCUT2D eigenvalue weighted by Gasteiger charge is -2.06. The Labute approximate surface area is 69.1 Å². The zero-order valence-electron chi connectivity index (χ0n) is 6.07. The molecule has 0 amide bonds. The molecular weight excluding hydrogens is 164 g/mol. The van der Waals surface area contributed by atoms with Gasteiger partial charge in [-0.3, -0.25) is 0 Å². The monoisotopic (exact) mass is 172 g/mol. The molecule has 3 nitrogen and oxygen atoms in total. The molecule has 0 aromatic carbocycles. The van der Waals surface area contributed by atoms with Gasteiger partial charge in [0.1, 0.15) is 0 Å². The molecule has 0 N–H and O–H groups in total. The summed E-state index contributed by atoms with van der Waals surface area (Å²) in [5.41, 5.74) is 0. The SMILES string of the molecule is CCOC(=O)C1=CSC=CO1. The van der Waals surface area contributed by atoms with Crippen molar-refractivity contribution >= 4 is 17.7 Å². The number of carbonyl (C=O) groups is 1. The van der Waals surface area contributed by atoms with Gasteiger partial charge in [-0.05, 0) is 6.92 Å². The average molecular weight is 172 g/mol. The molecule has 0 spiro atoms. The Hall–Kier alpha value is -0.900. The van der Waals surface area contributed by atoms with E-state index in [4.69, 9.17) is 9.47 Å². The fourth-order valence-corrected chi connectivity index (χ4v) is 1.03. The van der Waals surface area contributed by atoms with E-state index in [2.05, 4.69) is 0 Å². The van der Waals surface area contributed by atoms with Crippen LogP contribution in [-0.4, -0.2) is 12.6 Å². The smallest absolute Gasteiger partial charge is 0.374 e. The average Bonchev–Trinajstić information content (AvgIpc) is 2.07. The van der Waals surface area contributed by atoms with Crippen molar-refractivity contribution in [2.75, 3.05) is 6.61 Å². The number of rotatable bonds is 2. The van der Waals surface area contributed by atoms with Gasteiger partial charge in [0.15, 0.2) is 0 Å². The van der Waals surface area contributed by atoms with E-state index in [0.29, 0.717) is 6.61 Å². The van der Waals surface area contributed by atoms with Crippen LogP contribution in [0.4, 0.5) is 0 Å². The number of hydrogen-bond donors (Lipinski definition) is 0. The second kappa shape index (κ2) is 4.08. The third-order valence-electron chi connectivity index (χ3n) is 0.981. The summed E-state index contributed by atoms with van der Waals surface area (Å²) in [6, 6.07) is 0. The van der Waals surface area contributed by atoms with E-state index in [0.717, 1.165) is 0 Å². The van der Waals surface area contributed by atoms with Gasteiger partial charge in [-0.15, -0.1) is 0 Å². The molecule has 1 heterocycles. The van der Waals surface area contributed by atoms with Gasteiger partial charge in [0, 0.05) is 10.8 Å². The normalized spacial score (nSPS) is 15.2. The van der Waals surface area contributed by atoms with Crippen molar-refractivity contribution in [3.63, 3.8) is 0 Å². The van der Waals surface area contributed by atoms with Gasteiger partial charge in [0.05, 0.1) is 12.9 Å². The van der Waals surface area contributed by atoms with Crippen LogP contribution < -0.4 is 0 Å². The molecule has 0 atom stereocenters. The van der Waals surface area contributed by atoms with Gasteiger partial charge in [-0.1, -0.05) is 11.8 Å². The van der Waals surface area contributed by atoms with Crippen molar-refractivity contribution < 1.29 is 14.3 Å². The first kappa shape index (κ1) is 8.20. The van der Waals surface area contributed by atoms with Gasteiger partial charge in [-0.25, -0.2) is 4.79 Å². The first-order valence-electron chi connectivity index (χ1n) is 3.19. The lowest BCUT2D eigenvalue weighted by Crippen LogP contribution is -2.08. The molecular formula is C7H8O3S. The summed E-state index contributed by atoms with van der Waals surface area (Å²) in [5, 5.41) is 3.35. The Kier molecular flexibility index (Phi) is 3.04. The predicted octanol–water partition coefficient (Wildman–Crippen LogP) is 1.63. The Bertz CT molecular complexity index is 208. The lowest BCUT2D eigenvalue weighted by molar-refractivity contribution is -0.141. The van der Waals surface area contributed by atoms with Crippen molar-refractivity contribution in [1.82, 2.24) is 0 Å². The lowest BCUT2D eigenvalue weighted by atomic mass is 10.5. The van der Waals surface area contributed by atoms with Crippen LogP contribution in [0.1, 0.15) is 6.92 Å². The number of thioether (sulfide) groups is 1. The van der Waals surface area contributed by atoms with E-state index in [-0.39, 0.29) is 5.76 Å². The van der Waals surface area contributed by atoms with E-state index in [1.807, 2.05) is 0 Å². The Balaban J connectivity index is 2.46. The number of hydrogen-bond acceptors (Lipinski definition) is 4. The highest BCUT2D eigenvalue weighted by molar-refractivity contribution is 8.05. The number of carbonyl (C=O) groups excluding carboxylic acids is 1. The molecule has 4 heteroatoms. The molecule has 0 saturated carbocycles. The van der Waals surface area contributed by atoms with Crippen molar-refractivity contribution in [1.29, 1.82) is 0 Å². The largest absolute Gasteiger partial charge is 0.460 e. The minimum Gasteiger partial charge on any atom is -0.460 e. The summed E-state index contributed by atoms with van der Waals surface area (Å²) in [6.45, 7) is 2.12. The molecule has 0 saturated heterocycles. The first-order valence-corrected chi connectivity index (χ1v) is 4.13. The van der Waals surface area contributed by atoms with Crippen molar-refractivity contribution in [2.24, 2.45) is 0 Å². The predicted molar refractivity (Wildman–Crippen MR) is 42.5 cm³/mol. The van der Waals surface area contributed by atoms with Crippen LogP contribution in [0.3, 0.4) is 0 Å². The van der Waals surface area contributed by atoms with Crippen LogP contribution >= 0.6 is 11.8 Å². The third kappa shape index (κ3) is 2.31. The van der Waals surface area contributed by atoms with Crippen LogP contribution in [0.5, 0.6) is 0 Å². The summed E-state index contributed by atoms with van der Waals surface area (Å²) in [7, 11) is 0. The number of ether oxygens (including phenoxy) is 2. The van der Waals surface area contributed by atoms with Crippen LogP contribution in [0, 0.1) is 0 Å². The molecule has 0 unspecified atom stereocenters. The molecule has 0 bridgehead atoms. The van der Waals surface area contributed by atoms with Crippen LogP contribution in [0.2, 0.25) is 0 Å². The van der Waals surface area contributed by atoms with E-state index in [1.165, 1.54) is 18.0 Å². The molecule has 0 aromatic rings. The molecule has 0 fully saturated rings.